The fraction of sp³-hybridized carbons (Fsp3) is 0.588. The van der Waals surface area contributed by atoms with Crippen LogP contribution in [0.2, 0.25) is 0 Å². The Labute approximate surface area is 121 Å². The third-order valence-electron chi connectivity index (χ3n) is 5.19. The van der Waals surface area contributed by atoms with Crippen molar-refractivity contribution in [1.82, 2.24) is 10.2 Å². The lowest BCUT2D eigenvalue weighted by Crippen LogP contribution is -2.41. The Bertz CT molecular complexity index is 496. The second kappa shape index (κ2) is 5.21. The molecule has 0 radical (unpaired) electrons. The maximum absolute atomic E-state index is 12.3. The van der Waals surface area contributed by atoms with Crippen LogP contribution >= 0.6 is 0 Å². The van der Waals surface area contributed by atoms with Gasteiger partial charge in [0.05, 0.1) is 6.54 Å². The molecule has 1 aromatic rings. The third kappa shape index (κ3) is 2.24. The van der Waals surface area contributed by atoms with Crippen LogP contribution in [0.15, 0.2) is 24.3 Å². The molecule has 20 heavy (non-hydrogen) atoms. The van der Waals surface area contributed by atoms with Crippen molar-refractivity contribution in [1.29, 1.82) is 0 Å². The molecule has 108 valence electrons. The highest BCUT2D eigenvalue weighted by atomic mass is 16.2. The van der Waals surface area contributed by atoms with Crippen LogP contribution in [0.5, 0.6) is 0 Å². The van der Waals surface area contributed by atoms with Gasteiger partial charge in [-0.05, 0) is 37.2 Å². The van der Waals surface area contributed by atoms with Crippen LogP contribution < -0.4 is 5.32 Å². The molecule has 3 heteroatoms. The SMILES string of the molecule is Cc1ccc(C2NCC(=O)N2C2CCC(C)C2C)cc1. The number of hydrogen-bond donors (Lipinski definition) is 1. The zero-order chi connectivity index (χ0) is 14.3. The standard InChI is InChI=1S/C17H24N2O/c1-11-4-7-14(8-5-11)17-18-10-16(20)19(17)15-9-6-12(2)13(15)3/h4-5,7-8,12-13,15,17-18H,6,9-10H2,1-3H3. The Morgan fingerprint density at radius 3 is 2.45 bits per heavy atom. The van der Waals surface area contributed by atoms with Gasteiger partial charge in [-0.15, -0.1) is 0 Å². The predicted octanol–water partition coefficient (Wildman–Crippen LogP) is 2.86. The summed E-state index contributed by atoms with van der Waals surface area (Å²) < 4.78 is 0. The van der Waals surface area contributed by atoms with Gasteiger partial charge in [-0.2, -0.15) is 0 Å². The van der Waals surface area contributed by atoms with Crippen LogP contribution in [0, 0.1) is 18.8 Å². The van der Waals surface area contributed by atoms with E-state index < -0.39 is 0 Å². The van der Waals surface area contributed by atoms with E-state index in [1.54, 1.807) is 0 Å². The van der Waals surface area contributed by atoms with Gasteiger partial charge >= 0.3 is 0 Å². The van der Waals surface area contributed by atoms with E-state index in [9.17, 15) is 4.79 Å². The maximum atomic E-state index is 12.3. The summed E-state index contributed by atoms with van der Waals surface area (Å²) in [6, 6.07) is 8.92. The van der Waals surface area contributed by atoms with Crippen molar-refractivity contribution in [2.75, 3.05) is 6.54 Å². The first-order valence-corrected chi connectivity index (χ1v) is 7.69. The van der Waals surface area contributed by atoms with Gasteiger partial charge in [-0.1, -0.05) is 43.7 Å². The molecule has 2 fully saturated rings. The number of rotatable bonds is 2. The van der Waals surface area contributed by atoms with E-state index in [-0.39, 0.29) is 12.1 Å². The molecule has 1 N–H and O–H groups in total. The highest BCUT2D eigenvalue weighted by molar-refractivity contribution is 5.81. The zero-order valence-electron chi connectivity index (χ0n) is 12.6. The Morgan fingerprint density at radius 2 is 1.85 bits per heavy atom. The monoisotopic (exact) mass is 272 g/mol. The van der Waals surface area contributed by atoms with E-state index in [1.807, 2.05) is 0 Å². The number of benzene rings is 1. The molecule has 4 atom stereocenters. The molecule has 3 rings (SSSR count). The molecule has 4 unspecified atom stereocenters. The molecule has 0 bridgehead atoms. The number of aryl methyl sites for hydroxylation is 1. The zero-order valence-corrected chi connectivity index (χ0v) is 12.6. The molecule has 1 amide bonds. The van der Waals surface area contributed by atoms with Crippen molar-refractivity contribution in [2.24, 2.45) is 11.8 Å². The first-order valence-electron chi connectivity index (χ1n) is 7.69. The molecule has 1 aromatic carbocycles. The summed E-state index contributed by atoms with van der Waals surface area (Å²) in [6.45, 7) is 7.16. The van der Waals surface area contributed by atoms with Crippen molar-refractivity contribution in [2.45, 2.75) is 45.8 Å². The fourth-order valence-electron chi connectivity index (χ4n) is 3.65. The minimum atomic E-state index is 0.0563. The van der Waals surface area contributed by atoms with Crippen LogP contribution in [-0.4, -0.2) is 23.4 Å². The number of carbonyl (C=O) groups is 1. The Hall–Kier alpha value is -1.35. The average molecular weight is 272 g/mol. The number of carbonyl (C=O) groups excluding carboxylic acids is 1. The van der Waals surface area contributed by atoms with Crippen molar-refractivity contribution in [3.05, 3.63) is 35.4 Å². The summed E-state index contributed by atoms with van der Waals surface area (Å²) in [5.74, 6) is 1.56. The second-order valence-electron chi connectivity index (χ2n) is 6.48. The number of amides is 1. The van der Waals surface area contributed by atoms with Gasteiger partial charge in [-0.25, -0.2) is 0 Å². The third-order valence-corrected chi connectivity index (χ3v) is 5.19. The molecular formula is C17H24N2O. The maximum Gasteiger partial charge on any atom is 0.238 e. The lowest BCUT2D eigenvalue weighted by molar-refractivity contribution is -0.131. The molecule has 3 nitrogen and oxygen atoms in total. The molecular weight excluding hydrogens is 248 g/mol. The van der Waals surface area contributed by atoms with Gasteiger partial charge in [0.1, 0.15) is 6.17 Å². The smallest absolute Gasteiger partial charge is 0.238 e. The number of nitrogens with one attached hydrogen (secondary N) is 1. The first-order chi connectivity index (χ1) is 9.58. The molecule has 2 aliphatic rings. The molecule has 1 aliphatic carbocycles. The fourth-order valence-corrected chi connectivity index (χ4v) is 3.65. The first kappa shape index (κ1) is 13.6. The minimum Gasteiger partial charge on any atom is -0.319 e. The molecule has 1 aliphatic heterocycles. The van der Waals surface area contributed by atoms with Gasteiger partial charge in [0.2, 0.25) is 5.91 Å². The Balaban J connectivity index is 1.87. The molecule has 0 spiro atoms. The summed E-state index contributed by atoms with van der Waals surface area (Å²) >= 11 is 0. The average Bonchev–Trinajstić information content (AvgIpc) is 2.96. The van der Waals surface area contributed by atoms with E-state index in [2.05, 4.69) is 55.3 Å². The van der Waals surface area contributed by atoms with Gasteiger partial charge in [-0.3, -0.25) is 10.1 Å². The van der Waals surface area contributed by atoms with E-state index in [4.69, 9.17) is 0 Å². The summed E-state index contributed by atoms with van der Waals surface area (Å²) in [6.07, 6.45) is 2.43. The molecule has 1 heterocycles. The van der Waals surface area contributed by atoms with Gasteiger partial charge < -0.3 is 4.90 Å². The normalized spacial score (nSPS) is 34.0. The molecule has 1 saturated heterocycles. The quantitative estimate of drug-likeness (QED) is 0.898. The molecule has 0 aromatic heterocycles. The summed E-state index contributed by atoms with van der Waals surface area (Å²) in [5, 5.41) is 3.38. The predicted molar refractivity (Wildman–Crippen MR) is 80.1 cm³/mol. The van der Waals surface area contributed by atoms with E-state index in [0.29, 0.717) is 24.4 Å². The Kier molecular flexibility index (Phi) is 3.55. The van der Waals surface area contributed by atoms with E-state index >= 15 is 0 Å². The highest BCUT2D eigenvalue weighted by Crippen LogP contribution is 2.39. The van der Waals surface area contributed by atoms with Crippen LogP contribution in [0.1, 0.15) is 44.0 Å². The summed E-state index contributed by atoms with van der Waals surface area (Å²) in [5.41, 5.74) is 2.46. The number of nitrogens with zero attached hydrogens (tertiary/aromatic N) is 1. The molecule has 1 saturated carbocycles. The van der Waals surface area contributed by atoms with E-state index in [0.717, 1.165) is 6.42 Å². The van der Waals surface area contributed by atoms with Crippen LogP contribution in [0.4, 0.5) is 0 Å². The largest absolute Gasteiger partial charge is 0.319 e. The van der Waals surface area contributed by atoms with Gasteiger partial charge in [0.15, 0.2) is 0 Å². The van der Waals surface area contributed by atoms with Gasteiger partial charge in [0, 0.05) is 6.04 Å². The lowest BCUT2D eigenvalue weighted by atomic mass is 9.96. The number of hydrogen-bond acceptors (Lipinski definition) is 2. The van der Waals surface area contributed by atoms with Crippen LogP contribution in [0.3, 0.4) is 0 Å². The van der Waals surface area contributed by atoms with Crippen molar-refractivity contribution in [3.63, 3.8) is 0 Å². The second-order valence-corrected chi connectivity index (χ2v) is 6.48. The van der Waals surface area contributed by atoms with Crippen molar-refractivity contribution in [3.8, 4) is 0 Å². The highest BCUT2D eigenvalue weighted by Gasteiger charge is 2.42. The van der Waals surface area contributed by atoms with Gasteiger partial charge in [0.25, 0.3) is 0 Å². The van der Waals surface area contributed by atoms with Crippen LogP contribution in [0.25, 0.3) is 0 Å². The van der Waals surface area contributed by atoms with Crippen molar-refractivity contribution < 1.29 is 4.79 Å². The van der Waals surface area contributed by atoms with Crippen LogP contribution in [-0.2, 0) is 4.79 Å². The van der Waals surface area contributed by atoms with E-state index in [1.165, 1.54) is 17.5 Å². The van der Waals surface area contributed by atoms with Crippen molar-refractivity contribution >= 4 is 5.91 Å². The summed E-state index contributed by atoms with van der Waals surface area (Å²) in [4.78, 5) is 14.4. The Morgan fingerprint density at radius 1 is 1.15 bits per heavy atom. The summed E-state index contributed by atoms with van der Waals surface area (Å²) in [7, 11) is 0. The minimum absolute atomic E-state index is 0.0563. The lowest BCUT2D eigenvalue weighted by Gasteiger charge is -2.34. The topological polar surface area (TPSA) is 32.3 Å².